The molecule has 1 heterocycles. The van der Waals surface area contributed by atoms with Gasteiger partial charge in [-0.25, -0.2) is 0 Å². The normalized spacial score (nSPS) is 13.8. The summed E-state index contributed by atoms with van der Waals surface area (Å²) in [7, 11) is 0. The fourth-order valence-electron chi connectivity index (χ4n) is 3.32. The summed E-state index contributed by atoms with van der Waals surface area (Å²) in [6.07, 6.45) is 0. The summed E-state index contributed by atoms with van der Waals surface area (Å²) in [5, 5.41) is 0.615. The number of hydrogen-bond acceptors (Lipinski definition) is 4. The molecule has 1 aliphatic heterocycles. The van der Waals surface area contributed by atoms with Crippen molar-refractivity contribution in [1.82, 2.24) is 4.90 Å². The van der Waals surface area contributed by atoms with Gasteiger partial charge >= 0.3 is 0 Å². The van der Waals surface area contributed by atoms with Crippen molar-refractivity contribution in [3.05, 3.63) is 99.9 Å². The number of carbonyl (C=O) groups is 2. The molecule has 1 aliphatic rings. The molecule has 31 heavy (non-hydrogen) atoms. The Morgan fingerprint density at radius 1 is 0.871 bits per heavy atom. The number of rotatable bonds is 7. The number of amides is 2. The van der Waals surface area contributed by atoms with Gasteiger partial charge in [0.05, 0.1) is 23.6 Å². The van der Waals surface area contributed by atoms with Gasteiger partial charge in [0.15, 0.2) is 0 Å². The van der Waals surface area contributed by atoms with E-state index in [1.807, 2.05) is 73.7 Å². The van der Waals surface area contributed by atoms with Gasteiger partial charge in [0.2, 0.25) is 0 Å². The Morgan fingerprint density at radius 2 is 1.55 bits per heavy atom. The molecule has 6 heteroatoms. The fraction of sp³-hybridized carbons (Fsp3) is 0.120. The van der Waals surface area contributed by atoms with E-state index in [0.717, 1.165) is 16.2 Å². The van der Waals surface area contributed by atoms with Crippen LogP contribution in [0.1, 0.15) is 18.1 Å². The van der Waals surface area contributed by atoms with Crippen LogP contribution >= 0.6 is 23.4 Å². The van der Waals surface area contributed by atoms with Crippen molar-refractivity contribution in [3.63, 3.8) is 0 Å². The Bertz CT molecular complexity index is 1130. The average Bonchev–Trinajstić information content (AvgIpc) is 3.01. The van der Waals surface area contributed by atoms with Gasteiger partial charge < -0.3 is 4.74 Å². The highest BCUT2D eigenvalue weighted by atomic mass is 35.5. The largest absolute Gasteiger partial charge is 0.494 e. The van der Waals surface area contributed by atoms with Crippen molar-refractivity contribution < 1.29 is 14.3 Å². The molecule has 0 aliphatic carbocycles. The standard InChI is InChI=1S/C25H20ClNO3S/c1-2-30-20-12-8-18(9-13-20)22-23(31-21-14-10-19(26)11-15-21)25(29)27(24(22)28)16-17-6-4-3-5-7-17/h3-15H,2,16H2,1H3. The van der Waals surface area contributed by atoms with Gasteiger partial charge in [-0.2, -0.15) is 0 Å². The van der Waals surface area contributed by atoms with E-state index in [-0.39, 0.29) is 18.4 Å². The van der Waals surface area contributed by atoms with Gasteiger partial charge in [0, 0.05) is 9.92 Å². The summed E-state index contributed by atoms with van der Waals surface area (Å²) < 4.78 is 5.51. The molecule has 3 aromatic rings. The fourth-order valence-corrected chi connectivity index (χ4v) is 4.46. The van der Waals surface area contributed by atoms with Crippen molar-refractivity contribution in [3.8, 4) is 5.75 Å². The second-order valence-corrected chi connectivity index (χ2v) is 8.42. The first kappa shape index (κ1) is 21.2. The SMILES string of the molecule is CCOc1ccc(C2=C(Sc3ccc(Cl)cc3)C(=O)N(Cc3ccccc3)C2=O)cc1. The Labute approximate surface area is 190 Å². The summed E-state index contributed by atoms with van der Waals surface area (Å²) in [5.41, 5.74) is 1.99. The number of carbonyl (C=O) groups excluding carboxylic acids is 2. The first-order valence-electron chi connectivity index (χ1n) is 9.88. The summed E-state index contributed by atoms with van der Waals surface area (Å²) >= 11 is 7.28. The van der Waals surface area contributed by atoms with E-state index in [1.165, 1.54) is 16.7 Å². The number of thioether (sulfide) groups is 1. The molecular weight excluding hydrogens is 430 g/mol. The molecule has 0 spiro atoms. The third-order valence-corrected chi connectivity index (χ3v) is 6.14. The maximum atomic E-state index is 13.4. The molecule has 0 radical (unpaired) electrons. The van der Waals surface area contributed by atoms with Crippen LogP contribution in [0.3, 0.4) is 0 Å². The second-order valence-electron chi connectivity index (χ2n) is 6.90. The summed E-state index contributed by atoms with van der Waals surface area (Å²) in [4.78, 5) is 29.2. The highest BCUT2D eigenvalue weighted by molar-refractivity contribution is 8.04. The third-order valence-electron chi connectivity index (χ3n) is 4.80. The van der Waals surface area contributed by atoms with Crippen molar-refractivity contribution in [2.45, 2.75) is 18.4 Å². The minimum Gasteiger partial charge on any atom is -0.494 e. The Morgan fingerprint density at radius 3 is 2.19 bits per heavy atom. The zero-order valence-corrected chi connectivity index (χ0v) is 18.5. The van der Waals surface area contributed by atoms with Crippen molar-refractivity contribution in [2.75, 3.05) is 6.61 Å². The minimum absolute atomic E-state index is 0.226. The van der Waals surface area contributed by atoms with Gasteiger partial charge in [0.25, 0.3) is 11.8 Å². The summed E-state index contributed by atoms with van der Waals surface area (Å²) in [6.45, 7) is 2.70. The maximum Gasteiger partial charge on any atom is 0.268 e. The van der Waals surface area contributed by atoms with Crippen LogP contribution in [0.4, 0.5) is 0 Å². The smallest absolute Gasteiger partial charge is 0.268 e. The predicted molar refractivity (Wildman–Crippen MR) is 124 cm³/mol. The van der Waals surface area contributed by atoms with Crippen LogP contribution in [-0.4, -0.2) is 23.3 Å². The zero-order chi connectivity index (χ0) is 21.8. The van der Waals surface area contributed by atoms with Crippen molar-refractivity contribution in [2.24, 2.45) is 0 Å². The molecule has 0 unspecified atom stereocenters. The molecule has 3 aromatic carbocycles. The van der Waals surface area contributed by atoms with Gasteiger partial charge in [0.1, 0.15) is 5.75 Å². The number of imide groups is 1. The average molecular weight is 450 g/mol. The molecule has 2 amide bonds. The monoisotopic (exact) mass is 449 g/mol. The number of halogens is 1. The molecule has 4 nitrogen and oxygen atoms in total. The lowest BCUT2D eigenvalue weighted by molar-refractivity contribution is -0.137. The van der Waals surface area contributed by atoms with E-state index in [1.54, 1.807) is 12.1 Å². The number of benzene rings is 3. The Kier molecular flexibility index (Phi) is 6.44. The van der Waals surface area contributed by atoms with Crippen LogP contribution < -0.4 is 4.74 Å². The zero-order valence-electron chi connectivity index (χ0n) is 16.9. The van der Waals surface area contributed by atoms with Crippen LogP contribution in [0.25, 0.3) is 5.57 Å². The molecule has 0 atom stereocenters. The number of hydrogen-bond donors (Lipinski definition) is 0. The lowest BCUT2D eigenvalue weighted by Crippen LogP contribution is -2.30. The van der Waals surface area contributed by atoms with E-state index in [9.17, 15) is 9.59 Å². The summed E-state index contributed by atoms with van der Waals surface area (Å²) in [6, 6.07) is 24.0. The van der Waals surface area contributed by atoms with E-state index >= 15 is 0 Å². The lowest BCUT2D eigenvalue weighted by atomic mass is 10.1. The summed E-state index contributed by atoms with van der Waals surface area (Å²) in [5.74, 6) is 0.129. The third kappa shape index (κ3) is 4.68. The molecule has 0 saturated heterocycles. The van der Waals surface area contributed by atoms with Gasteiger partial charge in [-0.1, -0.05) is 65.8 Å². The lowest BCUT2D eigenvalue weighted by Gasteiger charge is -2.15. The van der Waals surface area contributed by atoms with Crippen LogP contribution in [0.5, 0.6) is 5.75 Å². The van der Waals surface area contributed by atoms with Crippen LogP contribution in [-0.2, 0) is 16.1 Å². The molecular formula is C25H20ClNO3S. The highest BCUT2D eigenvalue weighted by Crippen LogP contribution is 2.40. The molecule has 4 rings (SSSR count). The Hall–Kier alpha value is -3.02. The van der Waals surface area contributed by atoms with Crippen LogP contribution in [0.2, 0.25) is 5.02 Å². The van der Waals surface area contributed by atoms with E-state index < -0.39 is 0 Å². The Balaban J connectivity index is 1.71. The quantitative estimate of drug-likeness (QED) is 0.427. The molecule has 0 saturated carbocycles. The molecule has 156 valence electrons. The minimum atomic E-state index is -0.297. The van der Waals surface area contributed by atoms with Gasteiger partial charge in [-0.3, -0.25) is 14.5 Å². The van der Waals surface area contributed by atoms with Crippen molar-refractivity contribution >= 4 is 40.8 Å². The van der Waals surface area contributed by atoms with E-state index in [2.05, 4.69) is 0 Å². The molecule has 0 aromatic heterocycles. The molecule has 0 fully saturated rings. The maximum absolute atomic E-state index is 13.4. The second kappa shape index (κ2) is 9.41. The highest BCUT2D eigenvalue weighted by Gasteiger charge is 2.39. The van der Waals surface area contributed by atoms with Gasteiger partial charge in [-0.05, 0) is 54.4 Å². The van der Waals surface area contributed by atoms with Gasteiger partial charge in [-0.15, -0.1) is 0 Å². The van der Waals surface area contributed by atoms with E-state index in [0.29, 0.717) is 27.7 Å². The molecule has 0 N–H and O–H groups in total. The van der Waals surface area contributed by atoms with Crippen LogP contribution in [0, 0.1) is 0 Å². The topological polar surface area (TPSA) is 46.6 Å². The predicted octanol–water partition coefficient (Wildman–Crippen LogP) is 5.81. The van der Waals surface area contributed by atoms with Crippen molar-refractivity contribution in [1.29, 1.82) is 0 Å². The van der Waals surface area contributed by atoms with E-state index in [4.69, 9.17) is 16.3 Å². The first-order valence-corrected chi connectivity index (χ1v) is 11.1. The van der Waals surface area contributed by atoms with Crippen LogP contribution in [0.15, 0.2) is 88.7 Å². The number of ether oxygens (including phenoxy) is 1. The number of nitrogens with zero attached hydrogens (tertiary/aromatic N) is 1. The molecule has 0 bridgehead atoms. The first-order chi connectivity index (χ1) is 15.1.